The van der Waals surface area contributed by atoms with Gasteiger partial charge in [-0.1, -0.05) is 18.2 Å². The number of hydrogen-bond acceptors (Lipinski definition) is 3. The predicted octanol–water partition coefficient (Wildman–Crippen LogP) is 5.14. The number of benzene rings is 2. The zero-order chi connectivity index (χ0) is 16.0. The van der Waals surface area contributed by atoms with Gasteiger partial charge in [0.15, 0.2) is 17.5 Å². The zero-order valence-corrected chi connectivity index (χ0v) is 12.7. The van der Waals surface area contributed by atoms with Gasteiger partial charge in [-0.15, -0.1) is 0 Å². The first kappa shape index (κ1) is 14.4. The highest BCUT2D eigenvalue weighted by molar-refractivity contribution is 7.98. The van der Waals surface area contributed by atoms with Crippen molar-refractivity contribution >= 4 is 34.0 Å². The molecule has 1 aromatic heterocycles. The maximum absolute atomic E-state index is 14.0. The monoisotopic (exact) mass is 332 g/mol. The second-order valence-corrected chi connectivity index (χ2v) is 6.26. The van der Waals surface area contributed by atoms with Gasteiger partial charge in [0, 0.05) is 22.5 Å². The van der Waals surface area contributed by atoms with Gasteiger partial charge in [-0.05, 0) is 18.2 Å². The lowest BCUT2D eigenvalue weighted by Gasteiger charge is -2.15. The van der Waals surface area contributed by atoms with Crippen molar-refractivity contribution in [2.75, 3.05) is 5.32 Å². The van der Waals surface area contributed by atoms with Gasteiger partial charge in [0.2, 0.25) is 0 Å². The standard InChI is InChI=1S/C17H11F3N2S/c18-11-5-6-13(16(20)15(11)19)22-17-9-3-1-2-4-12(9)21-14-8-23-7-10(14)17/h1-6H,7-8H2,(H,21,22). The number of thioether (sulfide) groups is 1. The molecule has 2 aromatic carbocycles. The van der Waals surface area contributed by atoms with Gasteiger partial charge in [-0.3, -0.25) is 4.98 Å². The molecule has 0 unspecified atom stereocenters. The number of para-hydroxylation sites is 1. The molecule has 0 spiro atoms. The second-order valence-electron chi connectivity index (χ2n) is 5.27. The Bertz CT molecular complexity index is 927. The topological polar surface area (TPSA) is 24.9 Å². The Hall–Kier alpha value is -2.21. The van der Waals surface area contributed by atoms with Gasteiger partial charge < -0.3 is 5.32 Å². The maximum atomic E-state index is 14.0. The van der Waals surface area contributed by atoms with E-state index in [4.69, 9.17) is 0 Å². The summed E-state index contributed by atoms with van der Waals surface area (Å²) < 4.78 is 40.6. The van der Waals surface area contributed by atoms with Crippen molar-refractivity contribution in [3.8, 4) is 0 Å². The summed E-state index contributed by atoms with van der Waals surface area (Å²) >= 11 is 1.72. The highest BCUT2D eigenvalue weighted by atomic mass is 32.2. The van der Waals surface area contributed by atoms with E-state index >= 15 is 0 Å². The van der Waals surface area contributed by atoms with Crippen LogP contribution in [0.1, 0.15) is 11.3 Å². The van der Waals surface area contributed by atoms with E-state index in [1.807, 2.05) is 24.3 Å². The Balaban J connectivity index is 1.91. The number of anilines is 2. The average Bonchev–Trinajstić information content (AvgIpc) is 3.03. The summed E-state index contributed by atoms with van der Waals surface area (Å²) in [6, 6.07) is 9.63. The number of nitrogens with one attached hydrogen (secondary N) is 1. The van der Waals surface area contributed by atoms with Gasteiger partial charge in [-0.25, -0.2) is 13.2 Å². The summed E-state index contributed by atoms with van der Waals surface area (Å²) in [6.07, 6.45) is 0. The lowest BCUT2D eigenvalue weighted by molar-refractivity contribution is 0.449. The SMILES string of the molecule is Fc1ccc(Nc2c3c(nc4ccccc24)CSC3)c(F)c1F. The molecule has 6 heteroatoms. The summed E-state index contributed by atoms with van der Waals surface area (Å²) in [5.74, 6) is -2.35. The van der Waals surface area contributed by atoms with Gasteiger partial charge in [-0.2, -0.15) is 11.8 Å². The van der Waals surface area contributed by atoms with Crippen LogP contribution in [-0.4, -0.2) is 4.98 Å². The van der Waals surface area contributed by atoms with Crippen molar-refractivity contribution in [3.05, 3.63) is 65.1 Å². The van der Waals surface area contributed by atoms with E-state index < -0.39 is 17.5 Å². The molecule has 0 saturated carbocycles. The molecule has 0 bridgehead atoms. The third-order valence-electron chi connectivity index (χ3n) is 3.86. The second kappa shape index (κ2) is 5.45. The fourth-order valence-corrected chi connectivity index (χ4v) is 3.78. The normalized spacial score (nSPS) is 13.3. The van der Waals surface area contributed by atoms with E-state index in [9.17, 15) is 13.2 Å². The molecule has 0 radical (unpaired) electrons. The molecule has 0 aliphatic carbocycles. The van der Waals surface area contributed by atoms with E-state index in [1.54, 1.807) is 11.8 Å². The molecule has 116 valence electrons. The quantitative estimate of drug-likeness (QED) is 0.658. The minimum atomic E-state index is -1.47. The molecule has 0 atom stereocenters. The molecule has 4 rings (SSSR count). The summed E-state index contributed by atoms with van der Waals surface area (Å²) in [7, 11) is 0. The highest BCUT2D eigenvalue weighted by Gasteiger charge is 2.21. The van der Waals surface area contributed by atoms with Crippen LogP contribution in [0, 0.1) is 17.5 Å². The van der Waals surface area contributed by atoms with Crippen molar-refractivity contribution in [3.63, 3.8) is 0 Å². The minimum absolute atomic E-state index is 0.0839. The number of pyridine rings is 1. The van der Waals surface area contributed by atoms with Gasteiger partial charge in [0.05, 0.1) is 22.6 Å². The number of hydrogen-bond donors (Lipinski definition) is 1. The molecule has 2 heterocycles. The Morgan fingerprint density at radius 3 is 2.65 bits per heavy atom. The van der Waals surface area contributed by atoms with E-state index in [0.29, 0.717) is 5.69 Å². The lowest BCUT2D eigenvalue weighted by atomic mass is 10.1. The number of halogens is 3. The number of nitrogens with zero attached hydrogens (tertiary/aromatic N) is 1. The predicted molar refractivity (Wildman–Crippen MR) is 86.3 cm³/mol. The molecule has 2 nitrogen and oxygen atoms in total. The molecular formula is C17H11F3N2S. The molecule has 1 aliphatic heterocycles. The van der Waals surface area contributed by atoms with Crippen molar-refractivity contribution in [2.24, 2.45) is 0 Å². The van der Waals surface area contributed by atoms with Crippen molar-refractivity contribution in [2.45, 2.75) is 11.5 Å². The van der Waals surface area contributed by atoms with Crippen LogP contribution in [0.4, 0.5) is 24.5 Å². The average molecular weight is 332 g/mol. The van der Waals surface area contributed by atoms with Crippen LogP contribution >= 0.6 is 11.8 Å². The zero-order valence-electron chi connectivity index (χ0n) is 11.9. The van der Waals surface area contributed by atoms with E-state index in [2.05, 4.69) is 10.3 Å². The van der Waals surface area contributed by atoms with Crippen molar-refractivity contribution in [1.29, 1.82) is 0 Å². The van der Waals surface area contributed by atoms with Crippen LogP contribution in [-0.2, 0) is 11.5 Å². The first-order chi connectivity index (χ1) is 11.1. The van der Waals surface area contributed by atoms with Crippen LogP contribution in [0.5, 0.6) is 0 Å². The first-order valence-electron chi connectivity index (χ1n) is 7.04. The largest absolute Gasteiger partial charge is 0.352 e. The van der Waals surface area contributed by atoms with Gasteiger partial charge >= 0.3 is 0 Å². The molecular weight excluding hydrogens is 321 g/mol. The number of aromatic nitrogens is 1. The molecule has 0 fully saturated rings. The summed E-state index contributed by atoms with van der Waals surface area (Å²) in [6.45, 7) is 0. The van der Waals surface area contributed by atoms with Crippen LogP contribution in [0.25, 0.3) is 10.9 Å². The molecule has 1 aliphatic rings. The summed E-state index contributed by atoms with van der Waals surface area (Å²) in [4.78, 5) is 4.62. The van der Waals surface area contributed by atoms with Crippen molar-refractivity contribution in [1.82, 2.24) is 4.98 Å². The van der Waals surface area contributed by atoms with Crippen molar-refractivity contribution < 1.29 is 13.2 Å². The molecule has 0 saturated heterocycles. The third-order valence-corrected chi connectivity index (χ3v) is 4.83. The van der Waals surface area contributed by atoms with Crippen LogP contribution in [0.3, 0.4) is 0 Å². The van der Waals surface area contributed by atoms with Gasteiger partial charge in [0.25, 0.3) is 0 Å². The Morgan fingerprint density at radius 1 is 0.957 bits per heavy atom. The van der Waals surface area contributed by atoms with Crippen LogP contribution < -0.4 is 5.32 Å². The highest BCUT2D eigenvalue weighted by Crippen LogP contribution is 2.39. The Labute approximate surface area is 134 Å². The third kappa shape index (κ3) is 2.34. The molecule has 0 amide bonds. The van der Waals surface area contributed by atoms with E-state index in [0.717, 1.165) is 39.7 Å². The molecule has 3 aromatic rings. The summed E-state index contributed by atoms with van der Waals surface area (Å²) in [5, 5.41) is 3.78. The Kier molecular flexibility index (Phi) is 3.41. The number of fused-ring (bicyclic) bond motifs is 2. The fraction of sp³-hybridized carbons (Fsp3) is 0.118. The van der Waals surface area contributed by atoms with Crippen LogP contribution in [0.2, 0.25) is 0 Å². The first-order valence-corrected chi connectivity index (χ1v) is 8.19. The van der Waals surface area contributed by atoms with E-state index in [-0.39, 0.29) is 5.69 Å². The fourth-order valence-electron chi connectivity index (χ4n) is 2.73. The van der Waals surface area contributed by atoms with E-state index in [1.165, 1.54) is 6.07 Å². The summed E-state index contributed by atoms with van der Waals surface area (Å²) in [5.41, 5.74) is 3.34. The minimum Gasteiger partial charge on any atom is -0.352 e. The van der Waals surface area contributed by atoms with Gasteiger partial charge in [0.1, 0.15) is 0 Å². The molecule has 1 N–H and O–H groups in total. The number of rotatable bonds is 2. The molecule has 23 heavy (non-hydrogen) atoms. The Morgan fingerprint density at radius 2 is 1.78 bits per heavy atom. The smallest absolute Gasteiger partial charge is 0.196 e. The maximum Gasteiger partial charge on any atom is 0.196 e. The van der Waals surface area contributed by atoms with Crippen LogP contribution in [0.15, 0.2) is 36.4 Å². The lowest BCUT2D eigenvalue weighted by Crippen LogP contribution is -2.03.